The summed E-state index contributed by atoms with van der Waals surface area (Å²) in [6.45, 7) is 2.43. The first-order valence-electron chi connectivity index (χ1n) is 9.53. The molecule has 146 valence electrons. The lowest BCUT2D eigenvalue weighted by Gasteiger charge is -2.28. The number of anilines is 1. The van der Waals surface area contributed by atoms with E-state index >= 15 is 0 Å². The van der Waals surface area contributed by atoms with Crippen molar-refractivity contribution in [2.45, 2.75) is 25.9 Å². The molecule has 3 aromatic carbocycles. The maximum atomic E-state index is 13.9. The predicted octanol–water partition coefficient (Wildman–Crippen LogP) is 4.86. The molecule has 0 fully saturated rings. The quantitative estimate of drug-likeness (QED) is 0.679. The molecule has 5 heteroatoms. The van der Waals surface area contributed by atoms with Gasteiger partial charge in [-0.15, -0.1) is 0 Å². The third kappa shape index (κ3) is 3.90. The third-order valence-corrected chi connectivity index (χ3v) is 5.21. The summed E-state index contributed by atoms with van der Waals surface area (Å²) >= 11 is 0. The second-order valence-electron chi connectivity index (χ2n) is 7.25. The zero-order chi connectivity index (χ0) is 20.4. The van der Waals surface area contributed by atoms with Gasteiger partial charge in [0.2, 0.25) is 5.91 Å². The Kier molecular flexibility index (Phi) is 5.12. The van der Waals surface area contributed by atoms with E-state index in [1.807, 2.05) is 55.5 Å². The Bertz CT molecular complexity index is 1060. The van der Waals surface area contributed by atoms with Crippen molar-refractivity contribution < 1.29 is 14.0 Å². The molecular weight excluding hydrogens is 367 g/mol. The minimum absolute atomic E-state index is 0.0388. The van der Waals surface area contributed by atoms with Crippen LogP contribution < -0.4 is 5.32 Å². The van der Waals surface area contributed by atoms with Crippen LogP contribution in [0.1, 0.15) is 39.5 Å². The summed E-state index contributed by atoms with van der Waals surface area (Å²) in [4.78, 5) is 27.5. The molecule has 29 heavy (non-hydrogen) atoms. The summed E-state index contributed by atoms with van der Waals surface area (Å²) in [5, 5.41) is 2.63. The Morgan fingerprint density at radius 3 is 2.45 bits per heavy atom. The lowest BCUT2D eigenvalue weighted by molar-refractivity contribution is -0.117. The summed E-state index contributed by atoms with van der Waals surface area (Å²) in [7, 11) is 0. The fourth-order valence-electron chi connectivity index (χ4n) is 3.66. The van der Waals surface area contributed by atoms with E-state index in [2.05, 4.69) is 5.32 Å². The van der Waals surface area contributed by atoms with Crippen LogP contribution in [0.4, 0.5) is 10.1 Å². The van der Waals surface area contributed by atoms with Crippen LogP contribution in [0.15, 0.2) is 72.8 Å². The number of rotatable bonds is 5. The first-order valence-corrected chi connectivity index (χ1v) is 9.53. The Morgan fingerprint density at radius 1 is 1.03 bits per heavy atom. The zero-order valence-corrected chi connectivity index (χ0v) is 16.1. The Hall–Kier alpha value is -3.47. The number of hydrogen-bond donors (Lipinski definition) is 1. The van der Waals surface area contributed by atoms with Crippen molar-refractivity contribution in [3.63, 3.8) is 0 Å². The second-order valence-corrected chi connectivity index (χ2v) is 7.25. The van der Waals surface area contributed by atoms with Gasteiger partial charge in [-0.2, -0.15) is 0 Å². The number of amides is 2. The van der Waals surface area contributed by atoms with Crippen LogP contribution in [-0.2, 0) is 11.3 Å². The van der Waals surface area contributed by atoms with Crippen molar-refractivity contribution in [3.8, 4) is 0 Å². The molecule has 0 saturated heterocycles. The van der Waals surface area contributed by atoms with Crippen molar-refractivity contribution >= 4 is 17.5 Å². The van der Waals surface area contributed by atoms with Gasteiger partial charge < -0.3 is 10.2 Å². The molecule has 4 nitrogen and oxygen atoms in total. The summed E-state index contributed by atoms with van der Waals surface area (Å²) in [6.07, 6.45) is 0.0388. The smallest absolute Gasteiger partial charge is 0.255 e. The van der Waals surface area contributed by atoms with Gasteiger partial charge in [0.1, 0.15) is 5.82 Å². The lowest BCUT2D eigenvalue weighted by Crippen LogP contribution is -2.32. The number of nitrogens with one attached hydrogen (secondary N) is 1. The van der Waals surface area contributed by atoms with Crippen LogP contribution in [0, 0.1) is 12.7 Å². The summed E-state index contributed by atoms with van der Waals surface area (Å²) < 4.78 is 13.9. The normalized spacial score (nSPS) is 13.9. The van der Waals surface area contributed by atoms with Gasteiger partial charge >= 0.3 is 0 Å². The third-order valence-electron chi connectivity index (χ3n) is 5.21. The summed E-state index contributed by atoms with van der Waals surface area (Å²) in [5.41, 5.74) is 3.72. The molecule has 1 N–H and O–H groups in total. The SMILES string of the molecule is Cc1ccc(C(CC(=O)Nc2ccccc2F)N2Cc3ccccc3C2=O)cc1. The van der Waals surface area contributed by atoms with Crippen molar-refractivity contribution in [2.24, 2.45) is 0 Å². The molecule has 0 radical (unpaired) electrons. The molecule has 0 saturated carbocycles. The van der Waals surface area contributed by atoms with E-state index in [0.717, 1.165) is 16.7 Å². The van der Waals surface area contributed by atoms with E-state index in [9.17, 15) is 14.0 Å². The van der Waals surface area contributed by atoms with Gasteiger partial charge in [-0.05, 0) is 36.2 Å². The van der Waals surface area contributed by atoms with Crippen LogP contribution >= 0.6 is 0 Å². The fraction of sp³-hybridized carbons (Fsp3) is 0.167. The number of fused-ring (bicyclic) bond motifs is 1. The molecule has 1 aliphatic rings. The number of hydrogen-bond acceptors (Lipinski definition) is 2. The van der Waals surface area contributed by atoms with Gasteiger partial charge in [-0.25, -0.2) is 4.39 Å². The summed E-state index contributed by atoms with van der Waals surface area (Å²) in [5.74, 6) is -0.924. The highest BCUT2D eigenvalue weighted by molar-refractivity contribution is 5.99. The topological polar surface area (TPSA) is 49.4 Å². The molecular formula is C24H21FN2O2. The van der Waals surface area contributed by atoms with E-state index in [-0.39, 0.29) is 23.9 Å². The molecule has 0 bridgehead atoms. The van der Waals surface area contributed by atoms with Crippen molar-refractivity contribution in [2.75, 3.05) is 5.32 Å². The molecule has 1 heterocycles. The standard InChI is InChI=1S/C24H21FN2O2/c1-16-10-12-17(13-11-16)22(14-23(28)26-21-9-5-4-8-20(21)25)27-15-18-6-2-3-7-19(18)24(27)29/h2-13,22H,14-15H2,1H3,(H,26,28). The van der Waals surface area contributed by atoms with Crippen LogP contribution in [0.3, 0.4) is 0 Å². The van der Waals surface area contributed by atoms with Gasteiger partial charge in [0.05, 0.1) is 18.2 Å². The number of halogens is 1. The average Bonchev–Trinajstić information content (AvgIpc) is 3.05. The second kappa shape index (κ2) is 7.87. The Balaban J connectivity index is 1.61. The number of nitrogens with zero attached hydrogens (tertiary/aromatic N) is 1. The lowest BCUT2D eigenvalue weighted by atomic mass is 10.00. The maximum absolute atomic E-state index is 13.9. The van der Waals surface area contributed by atoms with E-state index in [4.69, 9.17) is 0 Å². The van der Waals surface area contributed by atoms with Gasteiger partial charge in [-0.3, -0.25) is 9.59 Å². The van der Waals surface area contributed by atoms with Gasteiger partial charge in [0.15, 0.2) is 0 Å². The molecule has 2 amide bonds. The predicted molar refractivity (Wildman–Crippen MR) is 110 cm³/mol. The largest absolute Gasteiger partial charge is 0.327 e. The maximum Gasteiger partial charge on any atom is 0.255 e. The average molecular weight is 388 g/mol. The number of para-hydroxylation sites is 1. The monoisotopic (exact) mass is 388 g/mol. The highest BCUT2D eigenvalue weighted by Crippen LogP contribution is 2.34. The Morgan fingerprint density at radius 2 is 1.72 bits per heavy atom. The van der Waals surface area contributed by atoms with Crippen LogP contribution in [0.5, 0.6) is 0 Å². The molecule has 0 aromatic heterocycles. The highest BCUT2D eigenvalue weighted by Gasteiger charge is 2.34. The minimum Gasteiger partial charge on any atom is -0.327 e. The van der Waals surface area contributed by atoms with E-state index < -0.39 is 11.9 Å². The molecule has 1 unspecified atom stereocenters. The number of benzene rings is 3. The van der Waals surface area contributed by atoms with E-state index in [1.165, 1.54) is 12.1 Å². The van der Waals surface area contributed by atoms with Crippen LogP contribution in [0.2, 0.25) is 0 Å². The van der Waals surface area contributed by atoms with E-state index in [1.54, 1.807) is 17.0 Å². The van der Waals surface area contributed by atoms with Crippen molar-refractivity contribution in [1.29, 1.82) is 0 Å². The van der Waals surface area contributed by atoms with Gasteiger partial charge in [-0.1, -0.05) is 60.2 Å². The molecule has 3 aromatic rings. The molecule has 0 spiro atoms. The molecule has 0 aliphatic carbocycles. The molecule has 4 rings (SSSR count). The van der Waals surface area contributed by atoms with Crippen molar-refractivity contribution in [3.05, 3.63) is 101 Å². The molecule has 1 atom stereocenters. The summed E-state index contributed by atoms with van der Waals surface area (Å²) in [6, 6.07) is 20.9. The van der Waals surface area contributed by atoms with E-state index in [0.29, 0.717) is 12.1 Å². The first kappa shape index (κ1) is 18.9. The van der Waals surface area contributed by atoms with Crippen LogP contribution in [-0.4, -0.2) is 16.7 Å². The number of carbonyl (C=O) groups is 2. The number of carbonyl (C=O) groups excluding carboxylic acids is 2. The van der Waals surface area contributed by atoms with Gasteiger partial charge in [0, 0.05) is 12.1 Å². The zero-order valence-electron chi connectivity index (χ0n) is 16.1. The van der Waals surface area contributed by atoms with Gasteiger partial charge in [0.25, 0.3) is 5.91 Å². The molecule has 1 aliphatic heterocycles. The fourth-order valence-corrected chi connectivity index (χ4v) is 3.66. The first-order chi connectivity index (χ1) is 14.0. The Labute approximate surface area is 169 Å². The van der Waals surface area contributed by atoms with Crippen molar-refractivity contribution in [1.82, 2.24) is 4.90 Å². The number of aryl methyl sites for hydroxylation is 1. The van der Waals surface area contributed by atoms with Crippen LogP contribution in [0.25, 0.3) is 0 Å². The highest BCUT2D eigenvalue weighted by atomic mass is 19.1. The minimum atomic E-state index is -0.489.